The normalized spacial score (nSPS) is 9.83. The molecule has 0 aromatic heterocycles. The van der Waals surface area contributed by atoms with Crippen LogP contribution in [0.4, 0.5) is 0 Å². The maximum Gasteiger partial charge on any atom is 0.396 e. The molecule has 0 unspecified atom stereocenters. The van der Waals surface area contributed by atoms with Crippen molar-refractivity contribution in [1.29, 1.82) is 0 Å². The lowest BCUT2D eigenvalue weighted by Gasteiger charge is -2.05. The van der Waals surface area contributed by atoms with Crippen LogP contribution in [0.25, 0.3) is 0 Å². The van der Waals surface area contributed by atoms with Gasteiger partial charge in [0.1, 0.15) is 0 Å². The number of esters is 2. The molecule has 0 saturated heterocycles. The summed E-state index contributed by atoms with van der Waals surface area (Å²) in [6.45, 7) is 4.49. The zero-order valence-corrected chi connectivity index (χ0v) is 13.8. The van der Waals surface area contributed by atoms with Crippen LogP contribution >= 0.6 is 0 Å². The van der Waals surface area contributed by atoms with Crippen LogP contribution in [0.5, 0.6) is 0 Å². The minimum atomic E-state index is -0.857. The van der Waals surface area contributed by atoms with Gasteiger partial charge in [-0.2, -0.15) is 0 Å². The molecule has 0 rings (SSSR count). The second kappa shape index (κ2) is 13.5. The number of carbonyl (C=O) groups is 4. The highest BCUT2D eigenvalue weighted by atomic mass is 16.5. The van der Waals surface area contributed by atoms with E-state index in [2.05, 4.69) is 20.1 Å². The highest BCUT2D eigenvalue weighted by Gasteiger charge is 2.13. The first-order chi connectivity index (χ1) is 11.0. The highest BCUT2D eigenvalue weighted by Crippen LogP contribution is 2.01. The molecule has 0 aliphatic heterocycles. The molecule has 2 amide bonds. The second-order valence-corrected chi connectivity index (χ2v) is 4.72. The predicted octanol–water partition coefficient (Wildman–Crippen LogP) is 0.296. The summed E-state index contributed by atoms with van der Waals surface area (Å²) in [5.41, 5.74) is 0. The number of amides is 2. The Hall–Kier alpha value is -2.12. The fourth-order valence-corrected chi connectivity index (χ4v) is 1.72. The molecule has 0 aliphatic carbocycles. The fraction of sp³-hybridized carbons (Fsp3) is 0.733. The average Bonchev–Trinajstić information content (AvgIpc) is 2.53. The van der Waals surface area contributed by atoms with Crippen molar-refractivity contribution < 1.29 is 28.7 Å². The number of rotatable bonds is 10. The Labute approximate surface area is 136 Å². The van der Waals surface area contributed by atoms with Gasteiger partial charge in [-0.1, -0.05) is 19.3 Å². The summed E-state index contributed by atoms with van der Waals surface area (Å²) in [5.74, 6) is -3.14. The van der Waals surface area contributed by atoms with Crippen LogP contribution in [-0.4, -0.2) is 50.1 Å². The van der Waals surface area contributed by atoms with Gasteiger partial charge in [0.2, 0.25) is 0 Å². The Kier molecular flexibility index (Phi) is 12.3. The maximum absolute atomic E-state index is 11.2. The van der Waals surface area contributed by atoms with Crippen molar-refractivity contribution in [2.75, 3.05) is 26.3 Å². The van der Waals surface area contributed by atoms with E-state index in [0.29, 0.717) is 13.1 Å². The smallest absolute Gasteiger partial charge is 0.396 e. The van der Waals surface area contributed by atoms with Crippen molar-refractivity contribution in [2.24, 2.45) is 0 Å². The van der Waals surface area contributed by atoms with E-state index in [1.165, 1.54) is 0 Å². The molecule has 0 fully saturated rings. The first-order valence-corrected chi connectivity index (χ1v) is 7.92. The molecule has 0 spiro atoms. The van der Waals surface area contributed by atoms with E-state index in [9.17, 15) is 19.2 Å². The first-order valence-electron chi connectivity index (χ1n) is 7.92. The Balaban J connectivity index is 3.43. The van der Waals surface area contributed by atoms with Crippen molar-refractivity contribution >= 4 is 23.8 Å². The molecule has 0 radical (unpaired) electrons. The Morgan fingerprint density at radius 2 is 1.00 bits per heavy atom. The summed E-state index contributed by atoms with van der Waals surface area (Å²) in [6.07, 6.45) is 4.26. The van der Waals surface area contributed by atoms with Gasteiger partial charge in [0.05, 0.1) is 13.2 Å². The van der Waals surface area contributed by atoms with Crippen LogP contribution in [0.1, 0.15) is 46.0 Å². The lowest BCUT2D eigenvalue weighted by atomic mass is 10.1. The van der Waals surface area contributed by atoms with E-state index < -0.39 is 23.8 Å². The summed E-state index contributed by atoms with van der Waals surface area (Å²) in [7, 11) is 0. The zero-order chi connectivity index (χ0) is 17.5. The van der Waals surface area contributed by atoms with E-state index >= 15 is 0 Å². The van der Waals surface area contributed by atoms with Gasteiger partial charge in [-0.15, -0.1) is 0 Å². The molecular formula is C15H26N2O6. The van der Waals surface area contributed by atoms with Crippen LogP contribution in [0.3, 0.4) is 0 Å². The molecular weight excluding hydrogens is 304 g/mol. The van der Waals surface area contributed by atoms with Crippen molar-refractivity contribution in [1.82, 2.24) is 10.6 Å². The van der Waals surface area contributed by atoms with Gasteiger partial charge in [-0.05, 0) is 26.7 Å². The molecule has 8 nitrogen and oxygen atoms in total. The Bertz CT molecular complexity index is 361. The lowest BCUT2D eigenvalue weighted by molar-refractivity contribution is -0.154. The third-order valence-corrected chi connectivity index (χ3v) is 2.85. The van der Waals surface area contributed by atoms with Gasteiger partial charge in [-0.25, -0.2) is 9.59 Å². The van der Waals surface area contributed by atoms with Gasteiger partial charge < -0.3 is 20.1 Å². The van der Waals surface area contributed by atoms with Gasteiger partial charge in [0, 0.05) is 13.1 Å². The predicted molar refractivity (Wildman–Crippen MR) is 82.4 cm³/mol. The van der Waals surface area contributed by atoms with Gasteiger partial charge in [-0.3, -0.25) is 9.59 Å². The molecule has 0 bridgehead atoms. The number of hydrogen-bond acceptors (Lipinski definition) is 6. The number of nitrogens with one attached hydrogen (secondary N) is 2. The quantitative estimate of drug-likeness (QED) is 0.338. The van der Waals surface area contributed by atoms with Crippen molar-refractivity contribution in [3.63, 3.8) is 0 Å². The van der Waals surface area contributed by atoms with Crippen LogP contribution in [0.15, 0.2) is 0 Å². The van der Waals surface area contributed by atoms with Crippen molar-refractivity contribution in [3.8, 4) is 0 Å². The minimum absolute atomic E-state index is 0.180. The van der Waals surface area contributed by atoms with E-state index in [4.69, 9.17) is 0 Å². The maximum atomic E-state index is 11.2. The largest absolute Gasteiger partial charge is 0.459 e. The third kappa shape index (κ3) is 11.1. The highest BCUT2D eigenvalue weighted by molar-refractivity contribution is 6.32. The summed E-state index contributed by atoms with van der Waals surface area (Å²) >= 11 is 0. The van der Waals surface area contributed by atoms with Crippen molar-refractivity contribution in [3.05, 3.63) is 0 Å². The van der Waals surface area contributed by atoms with Crippen molar-refractivity contribution in [2.45, 2.75) is 46.0 Å². The van der Waals surface area contributed by atoms with Crippen LogP contribution in [0.2, 0.25) is 0 Å². The summed E-state index contributed by atoms with van der Waals surface area (Å²) in [5, 5.41) is 4.97. The minimum Gasteiger partial charge on any atom is -0.459 e. The molecule has 0 aliphatic rings. The van der Waals surface area contributed by atoms with Crippen LogP contribution in [0, 0.1) is 0 Å². The van der Waals surface area contributed by atoms with Gasteiger partial charge in [0.15, 0.2) is 0 Å². The van der Waals surface area contributed by atoms with E-state index in [1.54, 1.807) is 13.8 Å². The molecule has 2 N–H and O–H groups in total. The molecule has 132 valence electrons. The molecule has 0 heterocycles. The SMILES string of the molecule is CCOC(=O)C(=O)NCCCCCCCNC(=O)C(=O)OCC. The molecule has 8 heteroatoms. The standard InChI is InChI=1S/C15H26N2O6/c1-3-22-14(20)12(18)16-10-8-6-5-7-9-11-17-13(19)15(21)23-4-2/h3-11H2,1-2H3,(H,16,18)(H,17,19). The van der Waals surface area contributed by atoms with Crippen LogP contribution < -0.4 is 10.6 Å². The van der Waals surface area contributed by atoms with E-state index in [-0.39, 0.29) is 13.2 Å². The number of unbranched alkanes of at least 4 members (excludes halogenated alkanes) is 4. The summed E-state index contributed by atoms with van der Waals surface area (Å²) in [4.78, 5) is 44.5. The summed E-state index contributed by atoms with van der Waals surface area (Å²) < 4.78 is 9.12. The zero-order valence-electron chi connectivity index (χ0n) is 13.8. The topological polar surface area (TPSA) is 111 Å². The average molecular weight is 330 g/mol. The molecule has 0 saturated carbocycles. The third-order valence-electron chi connectivity index (χ3n) is 2.85. The summed E-state index contributed by atoms with van der Waals surface area (Å²) in [6, 6.07) is 0. The van der Waals surface area contributed by atoms with Gasteiger partial charge >= 0.3 is 23.8 Å². The fourth-order valence-electron chi connectivity index (χ4n) is 1.72. The van der Waals surface area contributed by atoms with E-state index in [1.807, 2.05) is 0 Å². The Morgan fingerprint density at radius 3 is 1.35 bits per heavy atom. The molecule has 23 heavy (non-hydrogen) atoms. The number of ether oxygens (including phenoxy) is 2. The second-order valence-electron chi connectivity index (χ2n) is 4.72. The van der Waals surface area contributed by atoms with Crippen LogP contribution in [-0.2, 0) is 28.7 Å². The van der Waals surface area contributed by atoms with Gasteiger partial charge in [0.25, 0.3) is 0 Å². The number of hydrogen-bond donors (Lipinski definition) is 2. The Morgan fingerprint density at radius 1 is 0.652 bits per heavy atom. The molecule has 0 aromatic rings. The monoisotopic (exact) mass is 330 g/mol. The molecule has 0 aromatic carbocycles. The lowest BCUT2D eigenvalue weighted by Crippen LogP contribution is -2.33. The first kappa shape index (κ1) is 20.9. The van der Waals surface area contributed by atoms with E-state index in [0.717, 1.165) is 32.1 Å². The number of carbonyl (C=O) groups excluding carboxylic acids is 4. The molecule has 0 atom stereocenters.